The van der Waals surface area contributed by atoms with Gasteiger partial charge in [-0.15, -0.1) is 0 Å². The molecule has 0 saturated heterocycles. The van der Waals surface area contributed by atoms with Crippen molar-refractivity contribution in [1.82, 2.24) is 0 Å². The Labute approximate surface area is 114 Å². The minimum atomic E-state index is -0.334. The Balaban J connectivity index is 1.73. The predicted molar refractivity (Wildman–Crippen MR) is 72.1 cm³/mol. The minimum absolute atomic E-state index is 0.227. The van der Waals surface area contributed by atoms with Gasteiger partial charge >= 0.3 is 5.97 Å². The lowest BCUT2D eigenvalue weighted by atomic mass is 9.79. The second-order valence-electron chi connectivity index (χ2n) is 6.95. The molecule has 0 aromatic carbocycles. The summed E-state index contributed by atoms with van der Waals surface area (Å²) in [5.74, 6) is 2.25. The highest BCUT2D eigenvalue weighted by atomic mass is 16.6. The van der Waals surface area contributed by atoms with Gasteiger partial charge in [0.15, 0.2) is 0 Å². The zero-order chi connectivity index (χ0) is 13.8. The molecule has 3 aliphatic carbocycles. The Hall–Kier alpha value is -1.30. The smallest absolute Gasteiger partial charge is 0.333 e. The highest BCUT2D eigenvalue weighted by Gasteiger charge is 2.62. The molecule has 6 atom stereocenters. The third kappa shape index (κ3) is 1.89. The van der Waals surface area contributed by atoms with E-state index in [0.717, 1.165) is 19.3 Å². The fourth-order valence-electron chi connectivity index (χ4n) is 4.81. The third-order valence-corrected chi connectivity index (χ3v) is 5.51. The van der Waals surface area contributed by atoms with Crippen LogP contribution in [0.5, 0.6) is 0 Å². The number of ether oxygens (including phenoxy) is 1. The molecule has 3 fully saturated rings. The van der Waals surface area contributed by atoms with Crippen LogP contribution in [0.15, 0.2) is 12.2 Å². The lowest BCUT2D eigenvalue weighted by Gasteiger charge is -2.26. The minimum Gasteiger partial charge on any atom is -0.456 e. The molecular formula is C16H21NO2. The van der Waals surface area contributed by atoms with Crippen LogP contribution in [0.3, 0.4) is 0 Å². The number of carbonyl (C=O) groups is 1. The lowest BCUT2D eigenvalue weighted by Crippen LogP contribution is -2.30. The molecular weight excluding hydrogens is 238 g/mol. The first kappa shape index (κ1) is 12.7. The van der Waals surface area contributed by atoms with Gasteiger partial charge in [-0.1, -0.05) is 6.58 Å². The molecule has 3 saturated carbocycles. The molecule has 3 nitrogen and oxygen atoms in total. The van der Waals surface area contributed by atoms with Gasteiger partial charge in [-0.05, 0) is 50.9 Å². The molecule has 0 aromatic heterocycles. The van der Waals surface area contributed by atoms with Crippen molar-refractivity contribution in [2.24, 2.45) is 23.7 Å². The fraction of sp³-hybridized carbons (Fsp3) is 0.750. The van der Waals surface area contributed by atoms with Crippen molar-refractivity contribution in [2.75, 3.05) is 0 Å². The number of hydrogen-bond donors (Lipinski definition) is 0. The summed E-state index contributed by atoms with van der Waals surface area (Å²) in [5, 5.41) is 0. The summed E-state index contributed by atoms with van der Waals surface area (Å²) in [7, 11) is 0. The Morgan fingerprint density at radius 2 is 2.00 bits per heavy atom. The standard InChI is InChI=1S/C16H21NO2/c1-9(2)15(18)19-16(3)7-12-10-5-11(13(12)8-16)14(6-10)17-4/h10-14H,1,5-8H2,2-3H3. The van der Waals surface area contributed by atoms with Gasteiger partial charge in [0, 0.05) is 17.9 Å². The van der Waals surface area contributed by atoms with Crippen molar-refractivity contribution in [3.05, 3.63) is 23.6 Å². The molecule has 0 aliphatic heterocycles. The summed E-state index contributed by atoms with van der Waals surface area (Å²) in [6, 6.07) is 0.227. The van der Waals surface area contributed by atoms with E-state index < -0.39 is 0 Å². The van der Waals surface area contributed by atoms with E-state index in [1.54, 1.807) is 6.92 Å². The summed E-state index contributed by atoms with van der Waals surface area (Å²) < 4.78 is 5.67. The summed E-state index contributed by atoms with van der Waals surface area (Å²) in [6.45, 7) is 14.7. The number of esters is 1. The van der Waals surface area contributed by atoms with Gasteiger partial charge in [0.05, 0.1) is 0 Å². The van der Waals surface area contributed by atoms with E-state index in [1.165, 1.54) is 6.42 Å². The SMILES string of the molecule is [C-]#[N+]C1CC2CC1C1CC(C)(OC(=O)C(=C)C)CC21. The van der Waals surface area contributed by atoms with Crippen molar-refractivity contribution in [1.29, 1.82) is 0 Å². The molecule has 0 radical (unpaired) electrons. The van der Waals surface area contributed by atoms with Gasteiger partial charge in [-0.2, -0.15) is 0 Å². The highest BCUT2D eigenvalue weighted by Crippen LogP contribution is 2.62. The molecule has 0 spiro atoms. The van der Waals surface area contributed by atoms with E-state index in [4.69, 9.17) is 11.3 Å². The van der Waals surface area contributed by atoms with Gasteiger partial charge in [-0.3, -0.25) is 0 Å². The van der Waals surface area contributed by atoms with Crippen LogP contribution in [0.4, 0.5) is 0 Å². The third-order valence-electron chi connectivity index (χ3n) is 5.51. The van der Waals surface area contributed by atoms with Gasteiger partial charge in [-0.25, -0.2) is 11.4 Å². The van der Waals surface area contributed by atoms with E-state index in [9.17, 15) is 4.79 Å². The fourth-order valence-corrected chi connectivity index (χ4v) is 4.81. The summed E-state index contributed by atoms with van der Waals surface area (Å²) in [4.78, 5) is 15.5. The first-order valence-electron chi connectivity index (χ1n) is 7.19. The average molecular weight is 259 g/mol. The second kappa shape index (κ2) is 4.10. The summed E-state index contributed by atoms with van der Waals surface area (Å²) in [6.07, 6.45) is 4.21. The van der Waals surface area contributed by atoms with Crippen LogP contribution in [0.1, 0.15) is 39.5 Å². The normalized spacial score (nSPS) is 46.7. The number of carbonyl (C=O) groups excluding carboxylic acids is 1. The Bertz CT molecular complexity index is 478. The maximum atomic E-state index is 11.8. The molecule has 0 heterocycles. The van der Waals surface area contributed by atoms with Crippen LogP contribution in [0.25, 0.3) is 4.85 Å². The molecule has 3 rings (SSSR count). The highest BCUT2D eigenvalue weighted by molar-refractivity contribution is 5.87. The molecule has 102 valence electrons. The molecule has 0 amide bonds. The Morgan fingerprint density at radius 3 is 2.63 bits per heavy atom. The summed E-state index contributed by atoms with van der Waals surface area (Å²) in [5.41, 5.74) is 0.138. The van der Waals surface area contributed by atoms with E-state index in [1.807, 2.05) is 0 Å². The topological polar surface area (TPSA) is 30.7 Å². The first-order chi connectivity index (χ1) is 8.93. The number of rotatable bonds is 2. The van der Waals surface area contributed by atoms with Crippen molar-refractivity contribution >= 4 is 5.97 Å². The molecule has 0 aromatic rings. The molecule has 0 N–H and O–H groups in total. The van der Waals surface area contributed by atoms with Crippen LogP contribution >= 0.6 is 0 Å². The predicted octanol–water partition coefficient (Wildman–Crippen LogP) is 3.22. The van der Waals surface area contributed by atoms with Gasteiger partial charge in [0.25, 0.3) is 0 Å². The van der Waals surface area contributed by atoms with E-state index in [0.29, 0.717) is 29.2 Å². The molecule has 3 heteroatoms. The Kier molecular flexibility index (Phi) is 2.74. The zero-order valence-corrected chi connectivity index (χ0v) is 11.7. The molecule has 2 bridgehead atoms. The van der Waals surface area contributed by atoms with Crippen LogP contribution in [-0.2, 0) is 9.53 Å². The van der Waals surface area contributed by atoms with Crippen LogP contribution in [0, 0.1) is 30.2 Å². The van der Waals surface area contributed by atoms with Crippen molar-refractivity contribution < 1.29 is 9.53 Å². The van der Waals surface area contributed by atoms with Gasteiger partial charge < -0.3 is 9.58 Å². The van der Waals surface area contributed by atoms with Gasteiger partial charge in [0.2, 0.25) is 6.04 Å². The van der Waals surface area contributed by atoms with Crippen LogP contribution < -0.4 is 0 Å². The maximum Gasteiger partial charge on any atom is 0.333 e. The first-order valence-corrected chi connectivity index (χ1v) is 7.19. The lowest BCUT2D eigenvalue weighted by molar-refractivity contribution is -0.153. The van der Waals surface area contributed by atoms with Crippen molar-refractivity contribution in [3.63, 3.8) is 0 Å². The number of hydrogen-bond acceptors (Lipinski definition) is 2. The van der Waals surface area contributed by atoms with Crippen LogP contribution in [0.2, 0.25) is 0 Å². The van der Waals surface area contributed by atoms with E-state index in [-0.39, 0.29) is 17.6 Å². The molecule has 6 unspecified atom stereocenters. The molecule has 3 aliphatic rings. The number of fused-ring (bicyclic) bond motifs is 5. The number of nitrogens with zero attached hydrogens (tertiary/aromatic N) is 1. The monoisotopic (exact) mass is 259 g/mol. The zero-order valence-electron chi connectivity index (χ0n) is 11.7. The second-order valence-corrected chi connectivity index (χ2v) is 6.95. The van der Waals surface area contributed by atoms with Crippen molar-refractivity contribution in [2.45, 2.75) is 51.2 Å². The van der Waals surface area contributed by atoms with E-state index in [2.05, 4.69) is 18.3 Å². The maximum absolute atomic E-state index is 11.8. The summed E-state index contributed by atoms with van der Waals surface area (Å²) >= 11 is 0. The van der Waals surface area contributed by atoms with Crippen LogP contribution in [-0.4, -0.2) is 17.6 Å². The van der Waals surface area contributed by atoms with E-state index >= 15 is 0 Å². The van der Waals surface area contributed by atoms with Gasteiger partial charge in [0.1, 0.15) is 5.60 Å². The molecule has 19 heavy (non-hydrogen) atoms. The average Bonchev–Trinajstić information content (AvgIpc) is 2.96. The largest absolute Gasteiger partial charge is 0.456 e. The quantitative estimate of drug-likeness (QED) is 0.433. The van der Waals surface area contributed by atoms with Crippen molar-refractivity contribution in [3.8, 4) is 0 Å². The Morgan fingerprint density at radius 1 is 1.32 bits per heavy atom.